The second kappa shape index (κ2) is 6.98. The van der Waals surface area contributed by atoms with E-state index in [1.165, 1.54) is 0 Å². The van der Waals surface area contributed by atoms with E-state index in [1.807, 2.05) is 18.6 Å². The first-order valence-electron chi connectivity index (χ1n) is 11.0. The van der Waals surface area contributed by atoms with Gasteiger partial charge < -0.3 is 5.32 Å². The maximum absolute atomic E-state index is 13.6. The van der Waals surface area contributed by atoms with Crippen molar-refractivity contribution < 1.29 is 4.79 Å². The van der Waals surface area contributed by atoms with Crippen LogP contribution in [-0.4, -0.2) is 16.9 Å². The Bertz CT molecular complexity index is 1170. The molecular weight excluding hydrogens is 384 g/mol. The zero-order valence-corrected chi connectivity index (χ0v) is 18.6. The molecule has 1 aliphatic carbocycles. The number of nitrogens with zero attached hydrogens (tertiary/aromatic N) is 3. The number of aromatic nitrogens is 1. The molecule has 0 spiro atoms. The molecule has 0 saturated carbocycles. The van der Waals surface area contributed by atoms with Crippen molar-refractivity contribution in [1.29, 1.82) is 0 Å². The summed E-state index contributed by atoms with van der Waals surface area (Å²) >= 11 is 0. The monoisotopic (exact) mass is 412 g/mol. The summed E-state index contributed by atoms with van der Waals surface area (Å²) in [5, 5.41) is 12.3. The van der Waals surface area contributed by atoms with Gasteiger partial charge in [0.15, 0.2) is 11.9 Å². The molecular formula is C26H28N4O. The minimum atomic E-state index is -0.515. The van der Waals surface area contributed by atoms with Crippen LogP contribution in [0.3, 0.4) is 0 Å². The van der Waals surface area contributed by atoms with E-state index in [0.29, 0.717) is 6.42 Å². The van der Waals surface area contributed by atoms with E-state index in [0.717, 1.165) is 51.9 Å². The number of nitrogens with one attached hydrogen (secondary N) is 1. The van der Waals surface area contributed by atoms with Crippen LogP contribution in [-0.2, 0) is 10.2 Å². The van der Waals surface area contributed by atoms with Crippen LogP contribution in [0.25, 0.3) is 11.1 Å². The highest BCUT2D eigenvalue weighted by molar-refractivity contribution is 6.01. The van der Waals surface area contributed by atoms with Gasteiger partial charge in [0.2, 0.25) is 0 Å². The van der Waals surface area contributed by atoms with Crippen LogP contribution >= 0.6 is 0 Å². The van der Waals surface area contributed by atoms with Crippen LogP contribution in [0.5, 0.6) is 0 Å². The molecule has 0 saturated heterocycles. The number of rotatable bonds is 3. The number of allylic oxidation sites excluding steroid dienone is 2. The van der Waals surface area contributed by atoms with Crippen LogP contribution < -0.4 is 5.32 Å². The highest BCUT2D eigenvalue weighted by Crippen LogP contribution is 2.54. The van der Waals surface area contributed by atoms with Crippen LogP contribution in [0, 0.1) is 12.3 Å². The summed E-state index contributed by atoms with van der Waals surface area (Å²) in [4.78, 5) is 17.8. The lowest BCUT2D eigenvalue weighted by atomic mass is 9.58. The maximum atomic E-state index is 13.6. The molecule has 158 valence electrons. The highest BCUT2D eigenvalue weighted by atomic mass is 16.1. The third-order valence-corrected chi connectivity index (χ3v) is 7.00. The Morgan fingerprint density at radius 1 is 1.19 bits per heavy atom. The number of Topliss-reactive ketones (excluding diaryl/α,β-unsaturated/α-hetero) is 1. The fourth-order valence-electron chi connectivity index (χ4n) is 5.64. The lowest BCUT2D eigenvalue weighted by Crippen LogP contribution is -2.51. The van der Waals surface area contributed by atoms with Crippen molar-refractivity contribution in [3.05, 3.63) is 76.9 Å². The smallest absolute Gasteiger partial charge is 0.164 e. The van der Waals surface area contributed by atoms with Gasteiger partial charge in [0.25, 0.3) is 0 Å². The number of benzene rings is 1. The molecule has 5 heteroatoms. The summed E-state index contributed by atoms with van der Waals surface area (Å²) in [5.74, 6) is 0.234. The number of carbonyl (C=O) groups excluding carboxylic acids is 1. The maximum Gasteiger partial charge on any atom is 0.164 e. The Hall–Kier alpha value is -3.08. The average Bonchev–Trinajstić information content (AvgIpc) is 3.20. The summed E-state index contributed by atoms with van der Waals surface area (Å²) in [6.07, 6.45) is 7.57. The standard InChI is InChI=1S/C26H28N4O/c1-5-26(18-8-6-7-17(11-18)19-9-10-27-14-16(19)2)20-15-28-30-24(20)29-21-12-25(3,4)13-22(31)23(21)26/h6-11,14-15,24,29H,5,12-13H2,1-4H3. The van der Waals surface area contributed by atoms with E-state index in [4.69, 9.17) is 0 Å². The quantitative estimate of drug-likeness (QED) is 0.711. The van der Waals surface area contributed by atoms with Crippen molar-refractivity contribution in [1.82, 2.24) is 10.3 Å². The van der Waals surface area contributed by atoms with Gasteiger partial charge in [0.05, 0.1) is 11.6 Å². The summed E-state index contributed by atoms with van der Waals surface area (Å²) in [6.45, 7) is 8.58. The van der Waals surface area contributed by atoms with Crippen molar-refractivity contribution in [2.75, 3.05) is 0 Å². The number of aryl methyl sites for hydroxylation is 1. The zero-order chi connectivity index (χ0) is 21.8. The van der Waals surface area contributed by atoms with Gasteiger partial charge >= 0.3 is 0 Å². The second-order valence-electron chi connectivity index (χ2n) is 9.69. The van der Waals surface area contributed by atoms with E-state index in [1.54, 1.807) is 0 Å². The molecule has 0 fully saturated rings. The third-order valence-electron chi connectivity index (χ3n) is 7.00. The predicted octanol–water partition coefficient (Wildman–Crippen LogP) is 5.63. The lowest BCUT2D eigenvalue weighted by Gasteiger charge is -2.47. The fraction of sp³-hybridized carbons (Fsp3) is 0.385. The van der Waals surface area contributed by atoms with Crippen LogP contribution in [0.4, 0.5) is 0 Å². The first-order chi connectivity index (χ1) is 14.9. The van der Waals surface area contributed by atoms with Gasteiger partial charge in [0, 0.05) is 35.7 Å². The molecule has 5 nitrogen and oxygen atoms in total. The molecule has 0 radical (unpaired) electrons. The van der Waals surface area contributed by atoms with Gasteiger partial charge in [-0.05, 0) is 59.6 Å². The van der Waals surface area contributed by atoms with Gasteiger partial charge in [-0.1, -0.05) is 39.0 Å². The SMILES string of the molecule is CCC1(c2cccc(-c3ccncc3C)c2)C2=CN=NC2NC2=C1C(=O)CC(C)(C)C2. The van der Waals surface area contributed by atoms with E-state index in [9.17, 15) is 4.79 Å². The molecule has 1 aromatic carbocycles. The van der Waals surface area contributed by atoms with E-state index in [-0.39, 0.29) is 17.4 Å². The van der Waals surface area contributed by atoms with Gasteiger partial charge in [-0.2, -0.15) is 10.2 Å². The Kier molecular flexibility index (Phi) is 4.47. The number of hydrogen-bond donors (Lipinski definition) is 1. The van der Waals surface area contributed by atoms with Crippen LogP contribution in [0.2, 0.25) is 0 Å². The summed E-state index contributed by atoms with van der Waals surface area (Å²) in [6, 6.07) is 10.7. The van der Waals surface area contributed by atoms with Gasteiger partial charge in [-0.3, -0.25) is 9.78 Å². The van der Waals surface area contributed by atoms with Gasteiger partial charge in [-0.25, -0.2) is 0 Å². The van der Waals surface area contributed by atoms with Crippen molar-refractivity contribution in [2.45, 2.75) is 58.5 Å². The zero-order valence-electron chi connectivity index (χ0n) is 18.6. The summed E-state index contributed by atoms with van der Waals surface area (Å²) in [7, 11) is 0. The molecule has 1 N–H and O–H groups in total. The summed E-state index contributed by atoms with van der Waals surface area (Å²) in [5.41, 5.74) is 7.01. The van der Waals surface area contributed by atoms with Crippen LogP contribution in [0.15, 0.2) is 76.0 Å². The van der Waals surface area contributed by atoms with Gasteiger partial charge in [-0.15, -0.1) is 0 Å². The molecule has 2 unspecified atom stereocenters. The molecule has 5 rings (SSSR count). The Morgan fingerprint density at radius 3 is 2.81 bits per heavy atom. The number of carbonyl (C=O) groups is 1. The largest absolute Gasteiger partial charge is 0.362 e. The Morgan fingerprint density at radius 2 is 2.03 bits per heavy atom. The average molecular weight is 413 g/mol. The van der Waals surface area contributed by atoms with Gasteiger partial charge in [0.1, 0.15) is 0 Å². The topological polar surface area (TPSA) is 66.7 Å². The number of azo groups is 1. The second-order valence-corrected chi connectivity index (χ2v) is 9.69. The summed E-state index contributed by atoms with van der Waals surface area (Å²) < 4.78 is 0. The number of pyridine rings is 1. The Labute approximate surface area is 183 Å². The molecule has 1 aromatic heterocycles. The van der Waals surface area contributed by atoms with Crippen molar-refractivity contribution in [2.24, 2.45) is 15.6 Å². The lowest BCUT2D eigenvalue weighted by molar-refractivity contribution is -0.119. The number of hydrogen-bond acceptors (Lipinski definition) is 5. The van der Waals surface area contributed by atoms with E-state index in [2.05, 4.69) is 78.6 Å². The molecule has 3 aliphatic rings. The molecule has 0 amide bonds. The van der Waals surface area contributed by atoms with Crippen molar-refractivity contribution >= 4 is 5.78 Å². The first kappa shape index (κ1) is 19.9. The number of ketones is 1. The molecule has 2 aliphatic heterocycles. The van der Waals surface area contributed by atoms with Crippen LogP contribution in [0.1, 0.15) is 51.2 Å². The minimum Gasteiger partial charge on any atom is -0.362 e. The van der Waals surface area contributed by atoms with Crippen molar-refractivity contribution in [3.8, 4) is 11.1 Å². The normalized spacial score (nSPS) is 26.3. The van der Waals surface area contributed by atoms with E-state index >= 15 is 0 Å². The molecule has 2 atom stereocenters. The minimum absolute atomic E-state index is 0.0602. The Balaban J connectivity index is 1.75. The van der Waals surface area contributed by atoms with Crippen molar-refractivity contribution in [3.63, 3.8) is 0 Å². The van der Waals surface area contributed by atoms with E-state index < -0.39 is 5.41 Å². The predicted molar refractivity (Wildman–Crippen MR) is 121 cm³/mol. The molecule has 0 bridgehead atoms. The number of fused-ring (bicyclic) bond motifs is 1. The molecule has 2 aromatic rings. The fourth-order valence-corrected chi connectivity index (χ4v) is 5.64. The third kappa shape index (κ3) is 2.98. The molecule has 31 heavy (non-hydrogen) atoms. The molecule has 3 heterocycles. The highest BCUT2D eigenvalue weighted by Gasteiger charge is 2.52. The first-order valence-corrected chi connectivity index (χ1v) is 11.0.